The predicted octanol–water partition coefficient (Wildman–Crippen LogP) is 4.60. The van der Waals surface area contributed by atoms with Crippen LogP contribution in [0, 0.1) is 11.8 Å². The molecule has 1 heterocycles. The van der Waals surface area contributed by atoms with E-state index in [-0.39, 0.29) is 13.0 Å². The van der Waals surface area contributed by atoms with E-state index in [1.165, 1.54) is 0 Å². The molecule has 4 saturated carbocycles. The lowest BCUT2D eigenvalue weighted by Gasteiger charge is -2.59. The first-order valence-corrected chi connectivity index (χ1v) is 12.9. The molecule has 0 aromatic carbocycles. The number of hydrogen-bond donors (Lipinski definition) is 0. The van der Waals surface area contributed by atoms with Gasteiger partial charge in [-0.1, -0.05) is 6.58 Å². The molecule has 202 valence electrons. The second-order valence-electron chi connectivity index (χ2n) is 12.7. The van der Waals surface area contributed by atoms with Gasteiger partial charge < -0.3 is 28.4 Å². The Morgan fingerprint density at radius 2 is 1.50 bits per heavy atom. The third kappa shape index (κ3) is 6.22. The normalized spacial score (nSPS) is 36.3. The average molecular weight is 509 g/mol. The summed E-state index contributed by atoms with van der Waals surface area (Å²) in [5, 5.41) is 0. The monoisotopic (exact) mass is 508 g/mol. The summed E-state index contributed by atoms with van der Waals surface area (Å²) in [6.45, 7) is 14.1. The van der Waals surface area contributed by atoms with Crippen molar-refractivity contribution in [2.75, 3.05) is 6.61 Å². The standard InChI is InChI=1S/C27H40O9/c1-16(2)22(29)35-26-10-17-8-18(11-26)13-27(12-17,15-26)36-23(30)31-14-20-19(32-25(6,7)33-20)9-21(28)34-24(3,4)5/h17-20H,1,8-15H2,2-7H3. The van der Waals surface area contributed by atoms with E-state index in [4.69, 9.17) is 28.4 Å². The molecule has 4 aliphatic carbocycles. The Hall–Kier alpha value is -2.13. The Labute approximate surface area is 213 Å². The lowest BCUT2D eigenvalue weighted by molar-refractivity contribution is -0.221. The van der Waals surface area contributed by atoms with Crippen molar-refractivity contribution in [1.29, 1.82) is 0 Å². The van der Waals surface area contributed by atoms with Crippen molar-refractivity contribution in [2.24, 2.45) is 11.8 Å². The highest BCUT2D eigenvalue weighted by atomic mass is 16.8. The van der Waals surface area contributed by atoms with E-state index in [2.05, 4.69) is 6.58 Å². The van der Waals surface area contributed by atoms with Gasteiger partial charge in [0.05, 0.1) is 6.42 Å². The van der Waals surface area contributed by atoms with Gasteiger partial charge in [-0.25, -0.2) is 9.59 Å². The minimum absolute atomic E-state index is 0.0202. The molecule has 4 unspecified atom stereocenters. The van der Waals surface area contributed by atoms with Crippen LogP contribution in [0.15, 0.2) is 12.2 Å². The number of carbonyl (C=O) groups excluding carboxylic acids is 3. The summed E-state index contributed by atoms with van der Waals surface area (Å²) in [6.07, 6.45) is 2.51. The van der Waals surface area contributed by atoms with Gasteiger partial charge in [0, 0.05) is 12.0 Å². The zero-order valence-electron chi connectivity index (χ0n) is 22.3. The Kier molecular flexibility index (Phi) is 6.96. The summed E-state index contributed by atoms with van der Waals surface area (Å²) in [4.78, 5) is 37.5. The summed E-state index contributed by atoms with van der Waals surface area (Å²) in [7, 11) is 0. The van der Waals surface area contributed by atoms with E-state index in [1.807, 2.05) is 0 Å². The molecule has 9 heteroatoms. The summed E-state index contributed by atoms with van der Waals surface area (Å²) in [6, 6.07) is 0. The van der Waals surface area contributed by atoms with Gasteiger partial charge in [0.15, 0.2) is 5.79 Å². The molecule has 4 atom stereocenters. The van der Waals surface area contributed by atoms with Gasteiger partial charge in [-0.2, -0.15) is 0 Å². The van der Waals surface area contributed by atoms with Crippen molar-refractivity contribution in [3.8, 4) is 0 Å². The Bertz CT molecular complexity index is 901. The molecule has 0 spiro atoms. The van der Waals surface area contributed by atoms with E-state index in [0.717, 1.165) is 32.1 Å². The molecule has 0 radical (unpaired) electrons. The van der Waals surface area contributed by atoms with Crippen molar-refractivity contribution < 1.29 is 42.8 Å². The van der Waals surface area contributed by atoms with Gasteiger partial charge in [-0.3, -0.25) is 4.79 Å². The zero-order chi connectivity index (χ0) is 26.5. The largest absolute Gasteiger partial charge is 0.508 e. The lowest BCUT2D eigenvalue weighted by atomic mass is 9.52. The van der Waals surface area contributed by atoms with E-state index >= 15 is 0 Å². The molecule has 0 aromatic heterocycles. The summed E-state index contributed by atoms with van der Waals surface area (Å²) in [5.74, 6) is -1.06. The van der Waals surface area contributed by atoms with Gasteiger partial charge in [0.2, 0.25) is 0 Å². The van der Waals surface area contributed by atoms with Crippen LogP contribution in [0.5, 0.6) is 0 Å². The second-order valence-corrected chi connectivity index (χ2v) is 12.7. The van der Waals surface area contributed by atoms with Crippen molar-refractivity contribution in [3.63, 3.8) is 0 Å². The second kappa shape index (κ2) is 9.31. The number of rotatable bonds is 7. The van der Waals surface area contributed by atoms with Gasteiger partial charge in [0.1, 0.15) is 35.6 Å². The molecule has 5 rings (SSSR count). The predicted molar refractivity (Wildman–Crippen MR) is 128 cm³/mol. The SMILES string of the molecule is C=C(C)C(=O)OC12CC3CC(CC(OC(=O)OCC4OC(C)(C)OC4CC(=O)OC(C)(C)C)(C3)C1)C2. The maximum Gasteiger partial charge on any atom is 0.508 e. The van der Waals surface area contributed by atoms with Crippen LogP contribution >= 0.6 is 0 Å². The number of esters is 2. The number of carbonyl (C=O) groups is 3. The fraction of sp³-hybridized carbons (Fsp3) is 0.815. The first-order valence-electron chi connectivity index (χ1n) is 12.9. The van der Waals surface area contributed by atoms with Crippen molar-refractivity contribution in [3.05, 3.63) is 12.2 Å². The number of hydrogen-bond acceptors (Lipinski definition) is 9. The molecule has 0 N–H and O–H groups in total. The van der Waals surface area contributed by atoms with E-state index < -0.39 is 52.9 Å². The molecule has 4 bridgehead atoms. The smallest absolute Gasteiger partial charge is 0.460 e. The van der Waals surface area contributed by atoms with Crippen LogP contribution in [0.2, 0.25) is 0 Å². The fourth-order valence-electron chi connectivity index (χ4n) is 6.75. The molecule has 9 nitrogen and oxygen atoms in total. The van der Waals surface area contributed by atoms with Crippen LogP contribution in [0.3, 0.4) is 0 Å². The van der Waals surface area contributed by atoms with Gasteiger partial charge >= 0.3 is 18.1 Å². The van der Waals surface area contributed by atoms with Crippen LogP contribution in [0.25, 0.3) is 0 Å². The maximum atomic E-state index is 12.8. The summed E-state index contributed by atoms with van der Waals surface area (Å²) < 4.78 is 34.5. The van der Waals surface area contributed by atoms with E-state index in [0.29, 0.717) is 23.8 Å². The maximum absolute atomic E-state index is 12.8. The van der Waals surface area contributed by atoms with Crippen molar-refractivity contribution in [2.45, 2.75) is 121 Å². The third-order valence-corrected chi connectivity index (χ3v) is 7.35. The van der Waals surface area contributed by atoms with Gasteiger partial charge in [-0.05, 0) is 85.5 Å². The van der Waals surface area contributed by atoms with E-state index in [9.17, 15) is 14.4 Å². The lowest BCUT2D eigenvalue weighted by Crippen LogP contribution is -2.61. The van der Waals surface area contributed by atoms with Crippen LogP contribution in [-0.2, 0) is 38.0 Å². The van der Waals surface area contributed by atoms with Gasteiger partial charge in [-0.15, -0.1) is 0 Å². The molecular weight excluding hydrogens is 468 g/mol. The molecule has 0 amide bonds. The quantitative estimate of drug-likeness (QED) is 0.277. The number of ether oxygens (including phenoxy) is 6. The van der Waals surface area contributed by atoms with Crippen LogP contribution in [0.4, 0.5) is 4.79 Å². The highest BCUT2D eigenvalue weighted by Crippen LogP contribution is 2.60. The van der Waals surface area contributed by atoms with E-state index in [1.54, 1.807) is 41.5 Å². The average Bonchev–Trinajstić information content (AvgIpc) is 2.95. The summed E-state index contributed by atoms with van der Waals surface area (Å²) >= 11 is 0. The van der Waals surface area contributed by atoms with Crippen LogP contribution < -0.4 is 0 Å². The van der Waals surface area contributed by atoms with Crippen molar-refractivity contribution >= 4 is 18.1 Å². The molecule has 1 aliphatic heterocycles. The van der Waals surface area contributed by atoms with Gasteiger partial charge in [0.25, 0.3) is 0 Å². The highest BCUT2D eigenvalue weighted by molar-refractivity contribution is 5.87. The molecule has 36 heavy (non-hydrogen) atoms. The van der Waals surface area contributed by atoms with Crippen LogP contribution in [0.1, 0.15) is 86.5 Å². The minimum Gasteiger partial charge on any atom is -0.460 e. The molecule has 5 fully saturated rings. The minimum atomic E-state index is -0.927. The summed E-state index contributed by atoms with van der Waals surface area (Å²) in [5.41, 5.74) is -1.58. The third-order valence-electron chi connectivity index (χ3n) is 7.35. The Morgan fingerprint density at radius 1 is 0.944 bits per heavy atom. The molecular formula is C27H40O9. The van der Waals surface area contributed by atoms with Crippen LogP contribution in [-0.4, -0.2) is 59.5 Å². The first kappa shape index (κ1) is 26.9. The zero-order valence-corrected chi connectivity index (χ0v) is 22.3. The Morgan fingerprint density at radius 3 is 2.06 bits per heavy atom. The first-order chi connectivity index (χ1) is 16.6. The Balaban J connectivity index is 1.36. The highest BCUT2D eigenvalue weighted by Gasteiger charge is 2.61. The topological polar surface area (TPSA) is 107 Å². The van der Waals surface area contributed by atoms with Crippen molar-refractivity contribution in [1.82, 2.24) is 0 Å². The molecule has 5 aliphatic rings. The fourth-order valence-corrected chi connectivity index (χ4v) is 6.75. The molecule has 1 saturated heterocycles. The molecule has 0 aromatic rings.